The summed E-state index contributed by atoms with van der Waals surface area (Å²) in [7, 11) is 0. The van der Waals surface area contributed by atoms with Crippen molar-refractivity contribution >= 4 is 40.9 Å². The number of hydrogen-bond acceptors (Lipinski definition) is 7. The molecule has 0 radical (unpaired) electrons. The Kier molecular flexibility index (Phi) is 8.95. The number of halogens is 1. The van der Waals surface area contributed by atoms with Crippen LogP contribution in [0, 0.1) is 5.82 Å². The molecule has 13 heteroatoms. The first kappa shape index (κ1) is 31.0. The number of carboxylic acid groups (broad SMARTS) is 1. The van der Waals surface area contributed by atoms with Crippen LogP contribution < -0.4 is 15.4 Å². The first-order valence-corrected chi connectivity index (χ1v) is 15.1. The van der Waals surface area contributed by atoms with Gasteiger partial charge in [-0.3, -0.25) is 9.59 Å². The monoisotopic (exact) mass is 637 g/mol. The van der Waals surface area contributed by atoms with Crippen LogP contribution in [-0.2, 0) is 11.2 Å². The van der Waals surface area contributed by atoms with Crippen LogP contribution >= 0.6 is 0 Å². The van der Waals surface area contributed by atoms with Crippen molar-refractivity contribution in [2.75, 3.05) is 43.4 Å². The van der Waals surface area contributed by atoms with Crippen LogP contribution in [0.5, 0.6) is 5.75 Å². The largest absolute Gasteiger partial charge is 0.492 e. The summed E-state index contributed by atoms with van der Waals surface area (Å²) in [4.78, 5) is 44.3. The molecule has 240 valence electrons. The molecule has 3 amide bonds. The summed E-state index contributed by atoms with van der Waals surface area (Å²) in [5, 5.41) is 19.8. The zero-order chi connectivity index (χ0) is 32.9. The van der Waals surface area contributed by atoms with E-state index in [2.05, 4.69) is 20.7 Å². The molecule has 3 N–H and O–H groups in total. The molecule has 0 atom stereocenters. The molecule has 0 bridgehead atoms. The average molecular weight is 638 g/mol. The maximum Gasteiger partial charge on any atom is 0.407 e. The zero-order valence-electron chi connectivity index (χ0n) is 25.5. The first-order chi connectivity index (χ1) is 22.7. The predicted octanol–water partition coefficient (Wildman–Crippen LogP) is 5.29. The molecule has 1 aliphatic rings. The number of piperazine rings is 1. The van der Waals surface area contributed by atoms with Gasteiger partial charge < -0.3 is 30.3 Å². The van der Waals surface area contributed by atoms with Crippen molar-refractivity contribution in [2.45, 2.75) is 13.3 Å². The van der Waals surface area contributed by atoms with Crippen molar-refractivity contribution in [3.8, 4) is 16.9 Å². The fourth-order valence-electron chi connectivity index (χ4n) is 5.28. The van der Waals surface area contributed by atoms with Gasteiger partial charge in [0.15, 0.2) is 5.65 Å². The van der Waals surface area contributed by atoms with E-state index in [1.807, 2.05) is 49.5 Å². The quantitative estimate of drug-likeness (QED) is 0.198. The van der Waals surface area contributed by atoms with E-state index in [9.17, 15) is 23.9 Å². The van der Waals surface area contributed by atoms with Crippen LogP contribution in [0.4, 0.5) is 26.5 Å². The zero-order valence-corrected chi connectivity index (χ0v) is 25.5. The third kappa shape index (κ3) is 7.30. The minimum absolute atomic E-state index is 0.142. The topological polar surface area (TPSA) is 141 Å². The summed E-state index contributed by atoms with van der Waals surface area (Å²) in [5.41, 5.74) is 4.82. The van der Waals surface area contributed by atoms with Crippen LogP contribution in [0.25, 0.3) is 16.8 Å². The molecule has 3 heterocycles. The number of aromatic nitrogens is 3. The number of rotatable bonds is 9. The molecular weight excluding hydrogens is 605 g/mol. The maximum atomic E-state index is 13.1. The van der Waals surface area contributed by atoms with Crippen LogP contribution in [0.15, 0.2) is 85.1 Å². The number of nitrogens with zero attached hydrogens (tertiary/aromatic N) is 5. The molecule has 1 fully saturated rings. The van der Waals surface area contributed by atoms with Gasteiger partial charge in [-0.2, -0.15) is 4.98 Å². The molecule has 3 aromatic carbocycles. The lowest BCUT2D eigenvalue weighted by Gasteiger charge is -2.33. The molecule has 6 rings (SSSR count). The van der Waals surface area contributed by atoms with Crippen LogP contribution in [-0.4, -0.2) is 80.2 Å². The van der Waals surface area contributed by atoms with E-state index in [-0.39, 0.29) is 37.1 Å². The van der Waals surface area contributed by atoms with Gasteiger partial charge in [-0.1, -0.05) is 24.3 Å². The minimum Gasteiger partial charge on any atom is -0.492 e. The molecule has 0 unspecified atom stereocenters. The first-order valence-electron chi connectivity index (χ1n) is 15.1. The van der Waals surface area contributed by atoms with E-state index in [1.165, 1.54) is 17.0 Å². The molecule has 1 saturated heterocycles. The molecule has 12 nitrogen and oxygen atoms in total. The second-order valence-electron chi connectivity index (χ2n) is 10.9. The predicted molar refractivity (Wildman–Crippen MR) is 174 cm³/mol. The van der Waals surface area contributed by atoms with Crippen LogP contribution in [0.2, 0.25) is 0 Å². The second kappa shape index (κ2) is 13.6. The van der Waals surface area contributed by atoms with E-state index < -0.39 is 6.09 Å². The summed E-state index contributed by atoms with van der Waals surface area (Å²) in [6.07, 6.45) is 1.01. The van der Waals surface area contributed by atoms with E-state index in [4.69, 9.17) is 4.74 Å². The van der Waals surface area contributed by atoms with Gasteiger partial charge in [0.05, 0.1) is 18.7 Å². The number of carbonyl (C=O) groups excluding carboxylic acids is 2. The number of pyridine rings is 1. The molecule has 2 aromatic heterocycles. The standard InChI is InChI=1S/C34H32FN7O5/c1-2-47-29-20-24(32(44)40-15-17-41(18-16-40)34(45)46)7-13-28(29)37-33-38-30-14-8-25(21-42(30)39-33)23-5-11-27(12-6-23)36-31(43)19-22-3-9-26(35)10-4-22/h3-14,20-21H,2,15-19H2,1H3,(H,36,43)(H,37,39)(H,45,46). The van der Waals surface area contributed by atoms with Crippen LogP contribution in [0.1, 0.15) is 22.8 Å². The number of carbonyl (C=O) groups is 3. The number of hydrogen-bond donors (Lipinski definition) is 3. The van der Waals surface area contributed by atoms with Gasteiger partial charge in [0, 0.05) is 49.2 Å². The van der Waals surface area contributed by atoms with E-state index >= 15 is 0 Å². The average Bonchev–Trinajstić information content (AvgIpc) is 3.48. The highest BCUT2D eigenvalue weighted by Crippen LogP contribution is 2.30. The number of anilines is 3. The lowest BCUT2D eigenvalue weighted by atomic mass is 10.1. The number of nitrogens with one attached hydrogen (secondary N) is 2. The molecule has 47 heavy (non-hydrogen) atoms. The van der Waals surface area contributed by atoms with Crippen LogP contribution in [0.3, 0.4) is 0 Å². The highest BCUT2D eigenvalue weighted by atomic mass is 19.1. The van der Waals surface area contributed by atoms with Gasteiger partial charge in [0.2, 0.25) is 11.9 Å². The summed E-state index contributed by atoms with van der Waals surface area (Å²) < 4.78 is 20.6. The van der Waals surface area contributed by atoms with E-state index in [0.717, 1.165) is 16.7 Å². The highest BCUT2D eigenvalue weighted by Gasteiger charge is 2.25. The Hall–Kier alpha value is -5.98. The third-order valence-corrected chi connectivity index (χ3v) is 7.72. The van der Waals surface area contributed by atoms with Gasteiger partial charge in [0.1, 0.15) is 11.6 Å². The van der Waals surface area contributed by atoms with Crippen molar-refractivity contribution in [3.63, 3.8) is 0 Å². The number of ether oxygens (including phenoxy) is 1. The number of amides is 3. The summed E-state index contributed by atoms with van der Waals surface area (Å²) in [6, 6.07) is 22.1. The van der Waals surface area contributed by atoms with Crippen molar-refractivity contribution in [1.29, 1.82) is 0 Å². The van der Waals surface area contributed by atoms with Gasteiger partial charge in [-0.05, 0) is 72.6 Å². The molecule has 0 spiro atoms. The van der Waals surface area contributed by atoms with Crippen molar-refractivity contribution in [1.82, 2.24) is 24.4 Å². The number of benzene rings is 3. The lowest BCUT2D eigenvalue weighted by molar-refractivity contribution is -0.115. The molecule has 1 aliphatic heterocycles. The van der Waals surface area contributed by atoms with Gasteiger partial charge >= 0.3 is 6.09 Å². The maximum absolute atomic E-state index is 13.1. The number of fused-ring (bicyclic) bond motifs is 1. The Morgan fingerprint density at radius 2 is 1.60 bits per heavy atom. The Balaban J connectivity index is 1.12. The van der Waals surface area contributed by atoms with Gasteiger partial charge in [-0.15, -0.1) is 5.10 Å². The third-order valence-electron chi connectivity index (χ3n) is 7.72. The fraction of sp³-hybridized carbons (Fsp3) is 0.206. The van der Waals surface area contributed by atoms with E-state index in [0.29, 0.717) is 54.0 Å². The Morgan fingerprint density at radius 3 is 2.30 bits per heavy atom. The molecule has 5 aromatic rings. The van der Waals surface area contributed by atoms with E-state index in [1.54, 1.807) is 39.7 Å². The second-order valence-corrected chi connectivity index (χ2v) is 10.9. The summed E-state index contributed by atoms with van der Waals surface area (Å²) >= 11 is 0. The summed E-state index contributed by atoms with van der Waals surface area (Å²) in [5.74, 6) is 0.0717. The van der Waals surface area contributed by atoms with Gasteiger partial charge in [-0.25, -0.2) is 13.7 Å². The molecule has 0 saturated carbocycles. The SMILES string of the molecule is CCOc1cc(C(=O)N2CCN(C(=O)O)CC2)ccc1Nc1nc2ccc(-c3ccc(NC(=O)Cc4ccc(F)cc4)cc3)cn2n1. The minimum atomic E-state index is -0.986. The van der Waals surface area contributed by atoms with Gasteiger partial charge in [0.25, 0.3) is 5.91 Å². The van der Waals surface area contributed by atoms with Crippen molar-refractivity contribution < 1.29 is 28.6 Å². The Labute approximate surface area is 269 Å². The Bertz CT molecular complexity index is 1920. The normalized spacial score (nSPS) is 13.0. The highest BCUT2D eigenvalue weighted by molar-refractivity contribution is 5.95. The fourth-order valence-corrected chi connectivity index (χ4v) is 5.28. The van der Waals surface area contributed by atoms with Crippen molar-refractivity contribution in [2.24, 2.45) is 0 Å². The lowest BCUT2D eigenvalue weighted by Crippen LogP contribution is -2.50. The van der Waals surface area contributed by atoms with Crippen molar-refractivity contribution in [3.05, 3.63) is 102 Å². The molecular formula is C34H32FN7O5. The molecule has 0 aliphatic carbocycles. The Morgan fingerprint density at radius 1 is 0.894 bits per heavy atom. The summed E-state index contributed by atoms with van der Waals surface area (Å²) in [6.45, 7) is 3.40. The smallest absolute Gasteiger partial charge is 0.407 e.